The monoisotopic (exact) mass is 278 g/mol. The van der Waals surface area contributed by atoms with Gasteiger partial charge in [0.25, 0.3) is 5.85 Å². The SMILES string of the molecule is CCO[PH](=O)C(OC(=O)C(F)(F)F)C(=O)OC. The molecule has 0 N–H and O–H groups in total. The van der Waals surface area contributed by atoms with Gasteiger partial charge in [-0.3, -0.25) is 4.57 Å². The average Bonchev–Trinajstić information content (AvgIpc) is 2.23. The molecule has 0 aromatic rings. The van der Waals surface area contributed by atoms with E-state index >= 15 is 0 Å². The van der Waals surface area contributed by atoms with Crippen molar-refractivity contribution in [1.29, 1.82) is 0 Å². The Hall–Kier alpha value is -1.08. The molecule has 0 aromatic heterocycles. The first-order valence-electron chi connectivity index (χ1n) is 4.26. The lowest BCUT2D eigenvalue weighted by atomic mass is 10.6. The minimum atomic E-state index is -5.29. The Balaban J connectivity index is 4.78. The second-order valence-electron chi connectivity index (χ2n) is 2.56. The molecule has 2 unspecified atom stereocenters. The van der Waals surface area contributed by atoms with Crippen LogP contribution in [0.3, 0.4) is 0 Å². The predicted octanol–water partition coefficient (Wildman–Crippen LogP) is 1.10. The van der Waals surface area contributed by atoms with Gasteiger partial charge in [0, 0.05) is 0 Å². The lowest BCUT2D eigenvalue weighted by molar-refractivity contribution is -0.203. The van der Waals surface area contributed by atoms with Crippen molar-refractivity contribution >= 4 is 20.0 Å². The van der Waals surface area contributed by atoms with Crippen molar-refractivity contribution in [2.24, 2.45) is 0 Å². The largest absolute Gasteiger partial charge is 0.490 e. The highest BCUT2D eigenvalue weighted by molar-refractivity contribution is 7.41. The van der Waals surface area contributed by atoms with Crippen molar-refractivity contribution in [3.05, 3.63) is 0 Å². The summed E-state index contributed by atoms with van der Waals surface area (Å²) in [7, 11) is -2.47. The minimum absolute atomic E-state index is 0.116. The summed E-state index contributed by atoms with van der Waals surface area (Å²) in [6.07, 6.45) is -5.29. The maximum atomic E-state index is 11.9. The third kappa shape index (κ3) is 5.18. The number of rotatable bonds is 5. The van der Waals surface area contributed by atoms with Crippen LogP contribution in [0.5, 0.6) is 0 Å². The molecular weight excluding hydrogens is 268 g/mol. The zero-order valence-electron chi connectivity index (χ0n) is 8.87. The smallest absolute Gasteiger partial charge is 0.466 e. The van der Waals surface area contributed by atoms with E-state index < -0.39 is 32.0 Å². The fraction of sp³-hybridized carbons (Fsp3) is 0.714. The van der Waals surface area contributed by atoms with Gasteiger partial charge in [-0.05, 0) is 6.92 Å². The van der Waals surface area contributed by atoms with E-state index in [2.05, 4.69) is 14.0 Å². The summed E-state index contributed by atoms with van der Waals surface area (Å²) in [6, 6.07) is 0. The van der Waals surface area contributed by atoms with Gasteiger partial charge in [-0.25, -0.2) is 9.59 Å². The zero-order chi connectivity index (χ0) is 13.6. The van der Waals surface area contributed by atoms with Crippen LogP contribution < -0.4 is 0 Å². The van der Waals surface area contributed by atoms with Crippen molar-refractivity contribution in [1.82, 2.24) is 0 Å². The molecule has 0 spiro atoms. The second-order valence-corrected chi connectivity index (χ2v) is 4.01. The number of hydrogen-bond acceptors (Lipinski definition) is 6. The number of methoxy groups -OCH3 is 1. The number of esters is 2. The molecule has 0 heterocycles. The van der Waals surface area contributed by atoms with Gasteiger partial charge in [0.1, 0.15) is 0 Å². The van der Waals surface area contributed by atoms with Crippen molar-refractivity contribution in [3.63, 3.8) is 0 Å². The topological polar surface area (TPSA) is 78.9 Å². The second kappa shape index (κ2) is 6.61. The number of carbonyl (C=O) groups excluding carboxylic acids is 2. The molecule has 2 atom stereocenters. The van der Waals surface area contributed by atoms with Crippen molar-refractivity contribution in [3.8, 4) is 0 Å². The maximum Gasteiger partial charge on any atom is 0.490 e. The Bertz CT molecular complexity index is 315. The van der Waals surface area contributed by atoms with E-state index in [1.807, 2.05) is 0 Å². The van der Waals surface area contributed by atoms with Crippen LogP contribution in [0.4, 0.5) is 13.2 Å². The maximum absolute atomic E-state index is 11.9. The minimum Gasteiger partial charge on any atom is -0.466 e. The summed E-state index contributed by atoms with van der Waals surface area (Å²) >= 11 is 0. The molecule has 0 amide bonds. The van der Waals surface area contributed by atoms with Gasteiger partial charge >= 0.3 is 18.1 Å². The molecule has 10 heteroatoms. The molecule has 0 aliphatic heterocycles. The normalized spacial score (nSPS) is 14.9. The van der Waals surface area contributed by atoms with Crippen LogP contribution in [-0.2, 0) is 28.2 Å². The molecule has 0 bridgehead atoms. The summed E-state index contributed by atoms with van der Waals surface area (Å²) in [4.78, 5) is 21.4. The number of alkyl halides is 3. The van der Waals surface area contributed by atoms with E-state index in [-0.39, 0.29) is 6.61 Å². The first-order chi connectivity index (χ1) is 7.73. The number of carbonyl (C=O) groups is 2. The van der Waals surface area contributed by atoms with E-state index in [0.717, 1.165) is 7.11 Å². The van der Waals surface area contributed by atoms with Crippen LogP contribution in [0.1, 0.15) is 6.92 Å². The summed E-state index contributed by atoms with van der Waals surface area (Å²) in [6.45, 7) is 1.29. The van der Waals surface area contributed by atoms with Crippen LogP contribution in [0.25, 0.3) is 0 Å². The molecule has 6 nitrogen and oxygen atoms in total. The van der Waals surface area contributed by atoms with E-state index in [4.69, 9.17) is 0 Å². The van der Waals surface area contributed by atoms with Crippen LogP contribution in [0.2, 0.25) is 0 Å². The van der Waals surface area contributed by atoms with Gasteiger partial charge in [0.05, 0.1) is 13.7 Å². The van der Waals surface area contributed by atoms with Crippen LogP contribution in [0, 0.1) is 0 Å². The first-order valence-corrected chi connectivity index (χ1v) is 5.65. The van der Waals surface area contributed by atoms with E-state index in [0.29, 0.717) is 0 Å². The highest BCUT2D eigenvalue weighted by Crippen LogP contribution is 2.32. The highest BCUT2D eigenvalue weighted by Gasteiger charge is 2.45. The Morgan fingerprint density at radius 3 is 2.24 bits per heavy atom. The molecule has 0 fully saturated rings. The molecule has 0 aliphatic carbocycles. The number of hydrogen-bond donors (Lipinski definition) is 0. The standard InChI is InChI=1S/C7H10F3O6P/c1-3-15-17(13)5(4(11)14-2)16-6(12)7(8,9)10/h5,17H,3H2,1-2H3. The van der Waals surface area contributed by atoms with Gasteiger partial charge in [-0.1, -0.05) is 0 Å². The van der Waals surface area contributed by atoms with Gasteiger partial charge in [0.2, 0.25) is 8.03 Å². The fourth-order valence-corrected chi connectivity index (χ4v) is 1.64. The summed E-state index contributed by atoms with van der Waals surface area (Å²) in [5.41, 5.74) is 0. The van der Waals surface area contributed by atoms with Gasteiger partial charge in [0.15, 0.2) is 0 Å². The van der Waals surface area contributed by atoms with Gasteiger partial charge in [-0.15, -0.1) is 0 Å². The lowest BCUT2D eigenvalue weighted by Crippen LogP contribution is -2.33. The van der Waals surface area contributed by atoms with Gasteiger partial charge in [-0.2, -0.15) is 13.2 Å². The van der Waals surface area contributed by atoms with Crippen LogP contribution in [0.15, 0.2) is 0 Å². The molecular formula is C7H10F3O6P. The van der Waals surface area contributed by atoms with Crippen LogP contribution >= 0.6 is 8.03 Å². The quantitative estimate of drug-likeness (QED) is 0.553. The Labute approximate surface area is 94.9 Å². The number of ether oxygens (including phenoxy) is 2. The summed E-state index contributed by atoms with van der Waals surface area (Å²) in [5.74, 6) is -6.20. The van der Waals surface area contributed by atoms with E-state index in [9.17, 15) is 27.3 Å². The Kier molecular flexibility index (Phi) is 6.19. The number of halogens is 3. The molecule has 0 aromatic carbocycles. The van der Waals surface area contributed by atoms with Crippen molar-refractivity contribution in [2.75, 3.05) is 13.7 Å². The molecule has 100 valence electrons. The highest BCUT2D eigenvalue weighted by atomic mass is 31.1. The first kappa shape index (κ1) is 15.9. The fourth-order valence-electron chi connectivity index (χ4n) is 0.691. The Morgan fingerprint density at radius 1 is 1.35 bits per heavy atom. The molecule has 17 heavy (non-hydrogen) atoms. The molecule has 0 aliphatic rings. The third-order valence-electron chi connectivity index (χ3n) is 1.37. The zero-order valence-corrected chi connectivity index (χ0v) is 9.87. The average molecular weight is 278 g/mol. The molecule has 0 saturated heterocycles. The summed E-state index contributed by atoms with van der Waals surface area (Å²) < 4.78 is 59.1. The lowest BCUT2D eigenvalue weighted by Gasteiger charge is -2.15. The van der Waals surface area contributed by atoms with Gasteiger partial charge < -0.3 is 14.0 Å². The van der Waals surface area contributed by atoms with E-state index in [1.165, 1.54) is 6.92 Å². The molecule has 0 radical (unpaired) electrons. The Morgan fingerprint density at radius 2 is 1.88 bits per heavy atom. The predicted molar refractivity (Wildman–Crippen MR) is 48.6 cm³/mol. The molecule has 0 saturated carbocycles. The van der Waals surface area contributed by atoms with Crippen molar-refractivity contribution in [2.45, 2.75) is 18.9 Å². The summed E-state index contributed by atoms with van der Waals surface area (Å²) in [5, 5.41) is 0. The third-order valence-corrected chi connectivity index (χ3v) is 2.73. The molecule has 0 rings (SSSR count). The van der Waals surface area contributed by atoms with E-state index in [1.54, 1.807) is 0 Å². The van der Waals surface area contributed by atoms with Crippen LogP contribution in [-0.4, -0.2) is 37.7 Å². The van der Waals surface area contributed by atoms with Crippen molar-refractivity contribution < 1.29 is 41.3 Å².